The molecule has 0 aliphatic carbocycles. The first-order chi connectivity index (χ1) is 14.8. The van der Waals surface area contributed by atoms with E-state index in [2.05, 4.69) is 22.5 Å². The number of ether oxygens (including phenoxy) is 1. The first kappa shape index (κ1) is 19.5. The first-order valence-corrected chi connectivity index (χ1v) is 9.91. The summed E-state index contributed by atoms with van der Waals surface area (Å²) in [4.78, 5) is 12.5. The molecule has 0 spiro atoms. The van der Waals surface area contributed by atoms with Crippen molar-refractivity contribution < 1.29 is 9.53 Å². The molecule has 0 aliphatic heterocycles. The van der Waals surface area contributed by atoms with Gasteiger partial charge in [0.15, 0.2) is 0 Å². The van der Waals surface area contributed by atoms with Gasteiger partial charge in [-0.3, -0.25) is 9.48 Å². The third-order valence-electron chi connectivity index (χ3n) is 4.73. The summed E-state index contributed by atoms with van der Waals surface area (Å²) in [6, 6.07) is 27.4. The fourth-order valence-corrected chi connectivity index (χ4v) is 3.09. The monoisotopic (exact) mass is 397 g/mol. The van der Waals surface area contributed by atoms with E-state index in [1.165, 1.54) is 5.56 Å². The van der Waals surface area contributed by atoms with Crippen molar-refractivity contribution in [3.05, 3.63) is 114 Å². The van der Waals surface area contributed by atoms with Crippen LogP contribution in [-0.2, 0) is 19.6 Å². The van der Waals surface area contributed by atoms with Crippen molar-refractivity contribution in [2.24, 2.45) is 0 Å². The summed E-state index contributed by atoms with van der Waals surface area (Å²) in [5, 5.41) is 7.22. The van der Waals surface area contributed by atoms with Crippen molar-refractivity contribution in [3.63, 3.8) is 0 Å². The smallest absolute Gasteiger partial charge is 0.255 e. The minimum atomic E-state index is -0.174. The van der Waals surface area contributed by atoms with Crippen LogP contribution in [0.2, 0.25) is 0 Å². The van der Waals surface area contributed by atoms with Crippen LogP contribution in [0.1, 0.15) is 21.5 Å². The molecule has 5 nitrogen and oxygen atoms in total. The lowest BCUT2D eigenvalue weighted by atomic mass is 10.1. The Kier molecular flexibility index (Phi) is 6.20. The van der Waals surface area contributed by atoms with Crippen LogP contribution < -0.4 is 10.1 Å². The largest absolute Gasteiger partial charge is 0.489 e. The van der Waals surface area contributed by atoms with E-state index >= 15 is 0 Å². The van der Waals surface area contributed by atoms with Crippen LogP contribution >= 0.6 is 0 Å². The van der Waals surface area contributed by atoms with Crippen LogP contribution in [-0.4, -0.2) is 15.7 Å². The van der Waals surface area contributed by atoms with Crippen molar-refractivity contribution in [1.29, 1.82) is 0 Å². The van der Waals surface area contributed by atoms with Crippen molar-refractivity contribution in [2.75, 3.05) is 5.32 Å². The molecule has 0 bridgehead atoms. The molecule has 3 aromatic carbocycles. The minimum Gasteiger partial charge on any atom is -0.489 e. The van der Waals surface area contributed by atoms with Gasteiger partial charge in [-0.2, -0.15) is 5.10 Å². The van der Waals surface area contributed by atoms with Crippen molar-refractivity contribution in [3.8, 4) is 5.75 Å². The standard InChI is InChI=1S/C25H23N3O2/c29-25(22-11-13-24(14-12-22)30-19-21-9-5-2-6-10-21)27-23-17-26-28(18-23)16-15-20-7-3-1-4-8-20/h1-14,17-18H,15-16,19H2,(H,27,29). The average Bonchev–Trinajstić information content (AvgIpc) is 3.25. The molecule has 30 heavy (non-hydrogen) atoms. The van der Waals surface area contributed by atoms with Gasteiger partial charge in [-0.15, -0.1) is 0 Å². The van der Waals surface area contributed by atoms with Gasteiger partial charge in [0.1, 0.15) is 12.4 Å². The number of carbonyl (C=O) groups is 1. The van der Waals surface area contributed by atoms with Gasteiger partial charge in [0.25, 0.3) is 5.91 Å². The van der Waals surface area contributed by atoms with Crippen LogP contribution in [0, 0.1) is 0 Å². The number of amides is 1. The van der Waals surface area contributed by atoms with E-state index in [4.69, 9.17) is 4.74 Å². The summed E-state index contributed by atoms with van der Waals surface area (Å²) in [5.74, 6) is 0.552. The second-order valence-corrected chi connectivity index (χ2v) is 6.98. The second-order valence-electron chi connectivity index (χ2n) is 6.98. The van der Waals surface area contributed by atoms with Gasteiger partial charge in [0.2, 0.25) is 0 Å². The Morgan fingerprint density at radius 2 is 1.53 bits per heavy atom. The molecule has 0 fully saturated rings. The summed E-state index contributed by atoms with van der Waals surface area (Å²) < 4.78 is 7.60. The summed E-state index contributed by atoms with van der Waals surface area (Å²) in [6.07, 6.45) is 4.40. The van der Waals surface area contributed by atoms with Gasteiger partial charge < -0.3 is 10.1 Å². The lowest BCUT2D eigenvalue weighted by molar-refractivity contribution is 0.102. The summed E-state index contributed by atoms with van der Waals surface area (Å²) in [6.45, 7) is 1.25. The van der Waals surface area contributed by atoms with Crippen molar-refractivity contribution in [1.82, 2.24) is 9.78 Å². The highest BCUT2D eigenvalue weighted by atomic mass is 16.5. The zero-order valence-corrected chi connectivity index (χ0v) is 16.6. The number of nitrogens with zero attached hydrogens (tertiary/aromatic N) is 2. The Morgan fingerprint density at radius 1 is 0.867 bits per heavy atom. The number of carbonyl (C=O) groups excluding carboxylic acids is 1. The van der Waals surface area contributed by atoms with Crippen molar-refractivity contribution >= 4 is 11.6 Å². The Bertz CT molecular complexity index is 1070. The van der Waals surface area contributed by atoms with Crippen LogP contribution in [0.4, 0.5) is 5.69 Å². The molecule has 0 aliphatic rings. The molecule has 0 unspecified atom stereocenters. The van der Waals surface area contributed by atoms with Crippen LogP contribution in [0.15, 0.2) is 97.3 Å². The number of aromatic nitrogens is 2. The second kappa shape index (κ2) is 9.56. The van der Waals surface area contributed by atoms with Crippen LogP contribution in [0.3, 0.4) is 0 Å². The van der Waals surface area contributed by atoms with E-state index in [0.717, 1.165) is 24.3 Å². The molecule has 0 saturated carbocycles. The third-order valence-corrected chi connectivity index (χ3v) is 4.73. The normalized spacial score (nSPS) is 10.5. The number of hydrogen-bond donors (Lipinski definition) is 1. The topological polar surface area (TPSA) is 56.2 Å². The molecular weight excluding hydrogens is 374 g/mol. The number of hydrogen-bond acceptors (Lipinski definition) is 3. The third kappa shape index (κ3) is 5.35. The van der Waals surface area contributed by atoms with E-state index in [1.807, 2.05) is 59.4 Å². The lowest BCUT2D eigenvalue weighted by Crippen LogP contribution is -2.11. The van der Waals surface area contributed by atoms with Gasteiger partial charge in [-0.25, -0.2) is 0 Å². The fourth-order valence-electron chi connectivity index (χ4n) is 3.09. The van der Waals surface area contributed by atoms with Gasteiger partial charge in [-0.1, -0.05) is 60.7 Å². The number of nitrogens with one attached hydrogen (secondary N) is 1. The number of anilines is 1. The molecule has 1 aromatic heterocycles. The molecule has 0 saturated heterocycles. The molecule has 4 rings (SSSR count). The van der Waals surface area contributed by atoms with Gasteiger partial charge in [0, 0.05) is 18.3 Å². The Hall–Kier alpha value is -3.86. The first-order valence-electron chi connectivity index (χ1n) is 9.91. The SMILES string of the molecule is O=C(Nc1cnn(CCc2ccccc2)c1)c1ccc(OCc2ccccc2)cc1. The number of benzene rings is 3. The molecule has 5 heteroatoms. The summed E-state index contributed by atoms with van der Waals surface area (Å²) in [7, 11) is 0. The summed E-state index contributed by atoms with van der Waals surface area (Å²) in [5.41, 5.74) is 3.60. The molecule has 0 atom stereocenters. The molecule has 1 amide bonds. The van der Waals surface area contributed by atoms with Crippen molar-refractivity contribution in [2.45, 2.75) is 19.6 Å². The van der Waals surface area contributed by atoms with Crippen LogP contribution in [0.5, 0.6) is 5.75 Å². The van der Waals surface area contributed by atoms with Gasteiger partial charge >= 0.3 is 0 Å². The molecule has 1 heterocycles. The van der Waals surface area contributed by atoms with E-state index < -0.39 is 0 Å². The highest BCUT2D eigenvalue weighted by Crippen LogP contribution is 2.16. The highest BCUT2D eigenvalue weighted by Gasteiger charge is 2.08. The maximum Gasteiger partial charge on any atom is 0.255 e. The zero-order valence-electron chi connectivity index (χ0n) is 16.6. The average molecular weight is 397 g/mol. The van der Waals surface area contributed by atoms with E-state index in [-0.39, 0.29) is 5.91 Å². The maximum absolute atomic E-state index is 12.5. The van der Waals surface area contributed by atoms with Crippen LogP contribution in [0.25, 0.3) is 0 Å². The Balaban J connectivity index is 1.29. The highest BCUT2D eigenvalue weighted by molar-refractivity contribution is 6.04. The zero-order chi connectivity index (χ0) is 20.6. The minimum absolute atomic E-state index is 0.174. The molecular formula is C25H23N3O2. The Morgan fingerprint density at radius 3 is 2.23 bits per heavy atom. The van der Waals surface area contributed by atoms with Gasteiger partial charge in [0.05, 0.1) is 11.9 Å². The molecule has 150 valence electrons. The van der Waals surface area contributed by atoms with E-state index in [0.29, 0.717) is 17.9 Å². The number of aryl methyl sites for hydroxylation is 2. The molecule has 0 radical (unpaired) electrons. The maximum atomic E-state index is 12.5. The van der Waals surface area contributed by atoms with E-state index in [1.54, 1.807) is 30.5 Å². The fraction of sp³-hybridized carbons (Fsp3) is 0.120. The molecule has 1 N–H and O–H groups in total. The Labute approximate surface area is 175 Å². The molecule has 4 aromatic rings. The number of rotatable bonds is 8. The predicted octanol–water partition coefficient (Wildman–Crippen LogP) is 4.96. The van der Waals surface area contributed by atoms with E-state index in [9.17, 15) is 4.79 Å². The quantitative estimate of drug-likeness (QED) is 0.457. The lowest BCUT2D eigenvalue weighted by Gasteiger charge is -2.07. The van der Waals surface area contributed by atoms with Gasteiger partial charge in [-0.05, 0) is 41.8 Å². The predicted molar refractivity (Wildman–Crippen MR) is 118 cm³/mol. The summed E-state index contributed by atoms with van der Waals surface area (Å²) >= 11 is 0.